The van der Waals surface area contributed by atoms with Crippen LogP contribution in [0.3, 0.4) is 0 Å². The predicted octanol–water partition coefficient (Wildman–Crippen LogP) is 1.43. The summed E-state index contributed by atoms with van der Waals surface area (Å²) in [5, 5.41) is 0. The quantitative estimate of drug-likeness (QED) is 0.568. The maximum absolute atomic E-state index is 5.12. The van der Waals surface area contributed by atoms with Crippen LogP contribution in [0.15, 0.2) is 8.32 Å². The van der Waals surface area contributed by atoms with Gasteiger partial charge in [-0.15, -0.1) is 0 Å². The van der Waals surface area contributed by atoms with E-state index in [0.717, 1.165) is 24.4 Å². The summed E-state index contributed by atoms with van der Waals surface area (Å²) in [6.07, 6.45) is 0. The van der Waals surface area contributed by atoms with Crippen molar-refractivity contribution >= 4 is 47.6 Å². The van der Waals surface area contributed by atoms with Gasteiger partial charge < -0.3 is 0 Å². The predicted molar refractivity (Wildman–Crippen MR) is 25.5 cm³/mol. The van der Waals surface area contributed by atoms with Crippen LogP contribution in [0.4, 0.5) is 0 Å². The van der Waals surface area contributed by atoms with E-state index in [0.29, 0.717) is 4.49 Å². The van der Waals surface area contributed by atoms with Gasteiger partial charge in [0.15, 0.2) is 0 Å². The first kappa shape index (κ1) is 6.19. The second-order valence-electron chi connectivity index (χ2n) is 0.456. The van der Waals surface area contributed by atoms with Gasteiger partial charge in [-0.1, -0.05) is 0 Å². The number of hydrogen-bond donors (Lipinski definition) is 0. The van der Waals surface area contributed by atoms with E-state index in [-0.39, 0.29) is 0 Å². The van der Waals surface area contributed by atoms with Gasteiger partial charge in [-0.2, -0.15) is 0 Å². The average molecular weight is 211 g/mol. The van der Waals surface area contributed by atoms with Gasteiger partial charge in [-0.05, 0) is 0 Å². The zero-order chi connectivity index (χ0) is 4.28. The normalized spacial score (nSPS) is 6.80. The summed E-state index contributed by atoms with van der Waals surface area (Å²) in [4.78, 5) is 0. The topological polar surface area (TPSA) is 0 Å². The van der Waals surface area contributed by atoms with Crippen molar-refractivity contribution in [1.82, 2.24) is 0 Å². The summed E-state index contributed by atoms with van der Waals surface area (Å²) in [6, 6.07) is 0. The molecule has 0 aromatic carbocycles. The fourth-order valence-corrected chi connectivity index (χ4v) is 0. The molecule has 0 bridgehead atoms. The van der Waals surface area contributed by atoms with Gasteiger partial charge in [-0.25, -0.2) is 0 Å². The third-order valence-electron chi connectivity index (χ3n) is 0.126. The third kappa shape index (κ3) is 5.19. The molecule has 0 saturated heterocycles. The van der Waals surface area contributed by atoms with Crippen molar-refractivity contribution in [2.75, 3.05) is 0 Å². The van der Waals surface area contributed by atoms with E-state index >= 15 is 0 Å². The van der Waals surface area contributed by atoms with E-state index in [2.05, 4.69) is 0 Å². The average Bonchev–Trinajstić information content (AvgIpc) is 1.38. The van der Waals surface area contributed by atoms with Crippen LogP contribution in [0.2, 0.25) is 0 Å². The molecule has 0 amide bonds. The standard InChI is InChI=1S/C2HCl2.In/c1-2(3)4;/h1H;. The zero-order valence-corrected chi connectivity index (χ0v) is 7.22. The summed E-state index contributed by atoms with van der Waals surface area (Å²) < 4.78 is 2.13. The van der Waals surface area contributed by atoms with Crippen LogP contribution in [0.5, 0.6) is 0 Å². The van der Waals surface area contributed by atoms with Gasteiger partial charge in [-0.3, -0.25) is 0 Å². The molecule has 3 heteroatoms. The van der Waals surface area contributed by atoms with E-state index in [9.17, 15) is 0 Å². The second kappa shape index (κ2) is 3.38. The maximum atomic E-state index is 5.12. The molecule has 0 nitrogen and oxygen atoms in total. The van der Waals surface area contributed by atoms with Crippen molar-refractivity contribution in [2.24, 2.45) is 0 Å². The molecule has 0 rings (SSSR count). The van der Waals surface area contributed by atoms with Crippen LogP contribution in [-0.2, 0) is 0 Å². The molecule has 0 saturated carbocycles. The fourth-order valence-electron chi connectivity index (χ4n) is 0. The molecule has 26 valence electrons. The Balaban J connectivity index is 3.14. The van der Waals surface area contributed by atoms with Gasteiger partial charge in [0.05, 0.1) is 0 Å². The van der Waals surface area contributed by atoms with Crippen molar-refractivity contribution in [3.63, 3.8) is 0 Å². The van der Waals surface area contributed by atoms with E-state index in [4.69, 9.17) is 23.2 Å². The molecule has 0 heterocycles. The number of halogens is 2. The summed E-state index contributed by atoms with van der Waals surface area (Å²) in [5.74, 6) is 0. The fraction of sp³-hybridized carbons (Fsp3) is 0. The minimum absolute atomic E-state index is 0.382. The first-order valence-corrected chi connectivity index (χ1v) is 3.66. The monoisotopic (exact) mass is 210 g/mol. The summed E-state index contributed by atoms with van der Waals surface area (Å²) in [5.41, 5.74) is 0. The Bertz CT molecular complexity index is 45.6. The molecule has 0 aliphatic heterocycles. The molecule has 0 aliphatic rings. The van der Waals surface area contributed by atoms with E-state index in [1.165, 1.54) is 0 Å². The Morgan fingerprint density at radius 2 is 1.80 bits per heavy atom. The molecule has 2 radical (unpaired) electrons. The Hall–Kier alpha value is 1.19. The van der Waals surface area contributed by atoms with E-state index in [1.54, 1.807) is 3.83 Å². The minimum atomic E-state index is 0.382. The molecular weight excluding hydrogens is 210 g/mol. The molecule has 5 heavy (non-hydrogen) atoms. The Kier molecular flexibility index (Phi) is 4.19. The van der Waals surface area contributed by atoms with Crippen molar-refractivity contribution in [3.8, 4) is 0 Å². The molecule has 0 spiro atoms. The molecule has 0 unspecified atom stereocenters. The van der Waals surface area contributed by atoms with Gasteiger partial charge in [0.2, 0.25) is 0 Å². The van der Waals surface area contributed by atoms with Gasteiger partial charge in [0.1, 0.15) is 0 Å². The Morgan fingerprint density at radius 1 is 1.60 bits per heavy atom. The van der Waals surface area contributed by atoms with Gasteiger partial charge >= 0.3 is 55.9 Å². The molecule has 0 aromatic rings. The van der Waals surface area contributed by atoms with Crippen LogP contribution >= 0.6 is 23.2 Å². The van der Waals surface area contributed by atoms with Crippen LogP contribution < -0.4 is 0 Å². The van der Waals surface area contributed by atoms with Crippen LogP contribution in [0.1, 0.15) is 0 Å². The number of rotatable bonds is 0. The molecule has 0 fully saturated rings. The summed E-state index contributed by atoms with van der Waals surface area (Å²) in [7, 11) is 0. The Morgan fingerprint density at radius 3 is 1.80 bits per heavy atom. The van der Waals surface area contributed by atoms with Crippen molar-refractivity contribution in [1.29, 1.82) is 0 Å². The molecule has 0 aliphatic carbocycles. The zero-order valence-electron chi connectivity index (χ0n) is 2.41. The third-order valence-corrected chi connectivity index (χ3v) is 2.54. The molecule has 0 N–H and O–H groups in total. The van der Waals surface area contributed by atoms with E-state index in [1.807, 2.05) is 0 Å². The second-order valence-corrected chi connectivity index (χ2v) is 2.42. The molecular formula is C2HCl2In. The first-order chi connectivity index (χ1) is 2.27. The van der Waals surface area contributed by atoms with Crippen molar-refractivity contribution < 1.29 is 0 Å². The first-order valence-electron chi connectivity index (χ1n) is 1.000. The SMILES string of the molecule is ClC(Cl)=[CH][In]. The van der Waals surface area contributed by atoms with Gasteiger partial charge in [0, 0.05) is 0 Å². The molecule has 0 atom stereocenters. The Labute approximate surface area is 55.7 Å². The van der Waals surface area contributed by atoms with Crippen molar-refractivity contribution in [3.05, 3.63) is 8.32 Å². The molecule has 0 aromatic heterocycles. The number of hydrogen-bond acceptors (Lipinski definition) is 0. The van der Waals surface area contributed by atoms with Crippen molar-refractivity contribution in [2.45, 2.75) is 0 Å². The van der Waals surface area contributed by atoms with Crippen LogP contribution in [-0.4, -0.2) is 24.4 Å². The summed E-state index contributed by atoms with van der Waals surface area (Å²) in [6.45, 7) is 0. The van der Waals surface area contributed by atoms with Crippen LogP contribution in [0.25, 0.3) is 0 Å². The summed E-state index contributed by atoms with van der Waals surface area (Å²) >= 11 is 11.2. The van der Waals surface area contributed by atoms with Crippen LogP contribution in [0, 0.1) is 0 Å². The van der Waals surface area contributed by atoms with E-state index < -0.39 is 0 Å². The van der Waals surface area contributed by atoms with Gasteiger partial charge in [0.25, 0.3) is 0 Å².